The normalized spacial score (nSPS) is 10.7. The molecule has 0 bridgehead atoms. The molecule has 0 aliphatic rings. The highest BCUT2D eigenvalue weighted by molar-refractivity contribution is 7.89. The van der Waals surface area contributed by atoms with Crippen molar-refractivity contribution < 1.29 is 18.1 Å². The van der Waals surface area contributed by atoms with Crippen LogP contribution in [0.2, 0.25) is 0 Å². The van der Waals surface area contributed by atoms with Crippen LogP contribution in [0.3, 0.4) is 0 Å². The largest absolute Gasteiger partial charge is 0.322 e. The van der Waals surface area contributed by atoms with Gasteiger partial charge < -0.3 is 5.32 Å². The van der Waals surface area contributed by atoms with Crippen molar-refractivity contribution in [3.8, 4) is 6.07 Å². The van der Waals surface area contributed by atoms with Gasteiger partial charge in [0.25, 0.3) is 11.6 Å². The van der Waals surface area contributed by atoms with E-state index in [-0.39, 0.29) is 34.8 Å². The summed E-state index contributed by atoms with van der Waals surface area (Å²) in [5, 5.41) is 21.7. The van der Waals surface area contributed by atoms with Crippen LogP contribution in [0.1, 0.15) is 16.8 Å². The number of nitrogens with zero attached hydrogens (tertiary/aromatic N) is 2. The number of nitro groups is 1. The highest BCUT2D eigenvalue weighted by Crippen LogP contribution is 2.18. The maximum absolute atomic E-state index is 12.2. The zero-order valence-electron chi connectivity index (χ0n) is 13.4. The van der Waals surface area contributed by atoms with Crippen LogP contribution in [0.25, 0.3) is 0 Å². The predicted molar refractivity (Wildman–Crippen MR) is 92.9 cm³/mol. The second kappa shape index (κ2) is 8.19. The van der Waals surface area contributed by atoms with Crippen LogP contribution < -0.4 is 10.0 Å². The molecule has 134 valence electrons. The summed E-state index contributed by atoms with van der Waals surface area (Å²) in [6, 6.07) is 12.5. The van der Waals surface area contributed by atoms with Gasteiger partial charge >= 0.3 is 0 Å². The van der Waals surface area contributed by atoms with Crippen molar-refractivity contribution in [3.63, 3.8) is 0 Å². The minimum Gasteiger partial charge on any atom is -0.322 e. The molecule has 1 amide bonds. The van der Waals surface area contributed by atoms with Gasteiger partial charge in [-0.2, -0.15) is 5.26 Å². The number of amides is 1. The zero-order chi connectivity index (χ0) is 19.2. The van der Waals surface area contributed by atoms with Crippen LogP contribution in [-0.2, 0) is 10.0 Å². The fourth-order valence-corrected chi connectivity index (χ4v) is 3.04. The Bertz CT molecular complexity index is 965. The smallest absolute Gasteiger partial charge is 0.271 e. The van der Waals surface area contributed by atoms with E-state index in [0.29, 0.717) is 0 Å². The number of nitrogens with one attached hydrogen (secondary N) is 2. The molecule has 0 unspecified atom stereocenters. The maximum Gasteiger partial charge on any atom is 0.271 e. The first kappa shape index (κ1) is 19.0. The Kier molecular flexibility index (Phi) is 6.00. The number of hydrogen-bond donors (Lipinski definition) is 2. The van der Waals surface area contributed by atoms with Crippen molar-refractivity contribution >= 4 is 27.3 Å². The van der Waals surface area contributed by atoms with Gasteiger partial charge in [0, 0.05) is 36.3 Å². The second-order valence-electron chi connectivity index (χ2n) is 5.09. The minimum absolute atomic E-state index is 0.00609. The molecule has 0 aliphatic heterocycles. The van der Waals surface area contributed by atoms with Crippen molar-refractivity contribution in [2.75, 3.05) is 11.9 Å². The van der Waals surface area contributed by atoms with Crippen molar-refractivity contribution in [2.45, 2.75) is 11.3 Å². The lowest BCUT2D eigenvalue weighted by Gasteiger charge is -2.07. The zero-order valence-corrected chi connectivity index (χ0v) is 14.2. The van der Waals surface area contributed by atoms with Crippen molar-refractivity contribution in [1.29, 1.82) is 5.26 Å². The Labute approximate surface area is 149 Å². The Morgan fingerprint density at radius 3 is 2.50 bits per heavy atom. The SMILES string of the molecule is N#CCCNS(=O)(=O)c1ccc(C(=O)Nc2cccc([N+](=O)[O-])c2)cc1. The number of anilines is 1. The van der Waals surface area contributed by atoms with E-state index < -0.39 is 20.9 Å². The number of sulfonamides is 1. The molecule has 0 spiro atoms. The van der Waals surface area contributed by atoms with E-state index in [0.717, 1.165) is 0 Å². The summed E-state index contributed by atoms with van der Waals surface area (Å²) in [7, 11) is -3.76. The molecule has 2 aromatic rings. The molecule has 0 fully saturated rings. The molecule has 0 aliphatic carbocycles. The number of nitro benzene ring substituents is 1. The molecule has 0 heterocycles. The first-order valence-corrected chi connectivity index (χ1v) is 8.84. The minimum atomic E-state index is -3.76. The van der Waals surface area contributed by atoms with E-state index in [1.54, 1.807) is 0 Å². The number of carbonyl (C=O) groups is 1. The highest BCUT2D eigenvalue weighted by atomic mass is 32.2. The predicted octanol–water partition coefficient (Wildman–Crippen LogP) is 2.04. The van der Waals surface area contributed by atoms with Gasteiger partial charge in [-0.15, -0.1) is 0 Å². The lowest BCUT2D eigenvalue weighted by atomic mass is 10.2. The van der Waals surface area contributed by atoms with Crippen LogP contribution >= 0.6 is 0 Å². The number of benzene rings is 2. The average Bonchev–Trinajstić information content (AvgIpc) is 2.62. The number of rotatable bonds is 7. The summed E-state index contributed by atoms with van der Waals surface area (Å²) in [5.74, 6) is -0.535. The number of hydrogen-bond acceptors (Lipinski definition) is 6. The van der Waals surface area contributed by atoms with Crippen molar-refractivity contribution in [3.05, 3.63) is 64.2 Å². The monoisotopic (exact) mass is 374 g/mol. The lowest BCUT2D eigenvalue weighted by molar-refractivity contribution is -0.384. The third kappa shape index (κ3) is 4.85. The van der Waals surface area contributed by atoms with E-state index >= 15 is 0 Å². The first-order chi connectivity index (χ1) is 12.3. The molecule has 0 radical (unpaired) electrons. The molecule has 0 saturated carbocycles. The van der Waals surface area contributed by atoms with E-state index in [1.165, 1.54) is 48.5 Å². The molecule has 2 aromatic carbocycles. The Morgan fingerprint density at radius 2 is 1.88 bits per heavy atom. The fraction of sp³-hybridized carbons (Fsp3) is 0.125. The molecule has 0 saturated heterocycles. The van der Waals surface area contributed by atoms with Crippen LogP contribution in [-0.4, -0.2) is 25.8 Å². The van der Waals surface area contributed by atoms with Crippen molar-refractivity contribution in [2.24, 2.45) is 0 Å². The standard InChI is InChI=1S/C16H14N4O5S/c17-9-2-10-18-26(24,25)15-7-5-12(6-8-15)16(21)19-13-3-1-4-14(11-13)20(22)23/h1,3-8,11,18H,2,10H2,(H,19,21). The number of non-ortho nitro benzene ring substituents is 1. The quantitative estimate of drug-likeness (QED) is 0.431. The Morgan fingerprint density at radius 1 is 1.19 bits per heavy atom. The average molecular weight is 374 g/mol. The first-order valence-electron chi connectivity index (χ1n) is 7.36. The van der Waals surface area contributed by atoms with E-state index in [1.807, 2.05) is 6.07 Å². The van der Waals surface area contributed by atoms with Gasteiger partial charge in [-0.3, -0.25) is 14.9 Å². The van der Waals surface area contributed by atoms with Crippen LogP contribution in [0.5, 0.6) is 0 Å². The molecule has 10 heteroatoms. The van der Waals surface area contributed by atoms with Crippen LogP contribution in [0.15, 0.2) is 53.4 Å². The topological polar surface area (TPSA) is 142 Å². The Hall–Kier alpha value is -3.29. The molecule has 2 N–H and O–H groups in total. The van der Waals surface area contributed by atoms with Gasteiger partial charge in [-0.1, -0.05) is 6.07 Å². The molecule has 2 rings (SSSR count). The maximum atomic E-state index is 12.2. The lowest BCUT2D eigenvalue weighted by Crippen LogP contribution is -2.24. The number of nitriles is 1. The molecule has 26 heavy (non-hydrogen) atoms. The summed E-state index contributed by atoms with van der Waals surface area (Å²) < 4.78 is 26.3. The highest BCUT2D eigenvalue weighted by Gasteiger charge is 2.15. The van der Waals surface area contributed by atoms with Gasteiger partial charge in [0.15, 0.2) is 0 Å². The summed E-state index contributed by atoms with van der Waals surface area (Å²) in [6.45, 7) is -0.00609. The van der Waals surface area contributed by atoms with E-state index in [4.69, 9.17) is 5.26 Å². The van der Waals surface area contributed by atoms with Gasteiger partial charge in [0.2, 0.25) is 10.0 Å². The molecular formula is C16H14N4O5S. The fourth-order valence-electron chi connectivity index (χ4n) is 2.01. The molecule has 0 aromatic heterocycles. The summed E-state index contributed by atoms with van der Waals surface area (Å²) in [4.78, 5) is 22.3. The van der Waals surface area contributed by atoms with Crippen molar-refractivity contribution in [1.82, 2.24) is 4.72 Å². The summed E-state index contributed by atoms with van der Waals surface area (Å²) in [6.07, 6.45) is 0.0446. The second-order valence-corrected chi connectivity index (χ2v) is 6.86. The molecule has 9 nitrogen and oxygen atoms in total. The third-order valence-corrected chi connectivity index (χ3v) is 4.75. The van der Waals surface area contributed by atoms with Crippen LogP contribution in [0, 0.1) is 21.4 Å². The van der Waals surface area contributed by atoms with E-state index in [2.05, 4.69) is 10.0 Å². The van der Waals surface area contributed by atoms with E-state index in [9.17, 15) is 23.3 Å². The van der Waals surface area contributed by atoms with Gasteiger partial charge in [0.1, 0.15) is 0 Å². The van der Waals surface area contributed by atoms with Gasteiger partial charge in [0.05, 0.1) is 15.9 Å². The Balaban J connectivity index is 2.10. The third-order valence-electron chi connectivity index (χ3n) is 3.27. The number of carbonyl (C=O) groups excluding carboxylic acids is 1. The van der Waals surface area contributed by atoms with Gasteiger partial charge in [-0.05, 0) is 30.3 Å². The summed E-state index contributed by atoms with van der Waals surface area (Å²) >= 11 is 0. The summed E-state index contributed by atoms with van der Waals surface area (Å²) in [5.41, 5.74) is 0.277. The van der Waals surface area contributed by atoms with Crippen LogP contribution in [0.4, 0.5) is 11.4 Å². The molecule has 0 atom stereocenters. The molecular weight excluding hydrogens is 360 g/mol. The van der Waals surface area contributed by atoms with Gasteiger partial charge in [-0.25, -0.2) is 13.1 Å².